The molecule has 1 saturated heterocycles. The maximum absolute atomic E-state index is 12.7. The minimum atomic E-state index is -0.114. The molecule has 5 nitrogen and oxygen atoms in total. The maximum atomic E-state index is 12.7. The molecule has 0 aliphatic carbocycles. The van der Waals surface area contributed by atoms with Gasteiger partial charge in [0, 0.05) is 25.2 Å². The third-order valence-electron chi connectivity index (χ3n) is 4.56. The summed E-state index contributed by atoms with van der Waals surface area (Å²) in [6.07, 6.45) is 4.52. The highest BCUT2D eigenvalue weighted by molar-refractivity contribution is 5.93. The molecule has 0 unspecified atom stereocenters. The van der Waals surface area contributed by atoms with Crippen molar-refractivity contribution in [1.29, 1.82) is 0 Å². The number of amides is 1. The van der Waals surface area contributed by atoms with Crippen LogP contribution in [0.3, 0.4) is 0 Å². The molecule has 0 radical (unpaired) electrons. The topological polar surface area (TPSA) is 47.4 Å². The van der Waals surface area contributed by atoms with Crippen molar-refractivity contribution in [2.45, 2.75) is 39.3 Å². The summed E-state index contributed by atoms with van der Waals surface area (Å²) < 4.78 is 7.68. The second kappa shape index (κ2) is 7.40. The van der Waals surface area contributed by atoms with Gasteiger partial charge in [-0.05, 0) is 32.8 Å². The number of carbonyl (C=O) groups excluding carboxylic acids is 1. The fourth-order valence-electron chi connectivity index (χ4n) is 3.05. The lowest BCUT2D eigenvalue weighted by Gasteiger charge is -2.19. The van der Waals surface area contributed by atoms with Gasteiger partial charge < -0.3 is 9.64 Å². The first kappa shape index (κ1) is 17.7. The van der Waals surface area contributed by atoms with E-state index in [-0.39, 0.29) is 11.4 Å². The molecule has 0 saturated carbocycles. The molecule has 2 aromatic rings. The van der Waals surface area contributed by atoms with E-state index in [1.165, 1.54) is 5.56 Å². The molecule has 1 aliphatic rings. The molecule has 1 aliphatic heterocycles. The molecule has 2 heterocycles. The van der Waals surface area contributed by atoms with Gasteiger partial charge in [-0.15, -0.1) is 0 Å². The van der Waals surface area contributed by atoms with Gasteiger partial charge in [0.2, 0.25) is 0 Å². The summed E-state index contributed by atoms with van der Waals surface area (Å²) in [4.78, 5) is 14.6. The molecule has 0 bridgehead atoms. The molecule has 25 heavy (non-hydrogen) atoms. The Morgan fingerprint density at radius 1 is 1.28 bits per heavy atom. The van der Waals surface area contributed by atoms with E-state index in [0.717, 1.165) is 19.5 Å². The highest BCUT2D eigenvalue weighted by Crippen LogP contribution is 2.20. The number of likely N-dealkylation sites (tertiary alicyclic amines) is 1. The summed E-state index contributed by atoms with van der Waals surface area (Å²) in [6.45, 7) is 9.09. The standard InChI is InChI=1S/C20H27N3O2/c1-20(2,3)23-13-18(11-21-23)19(24)22-10-9-17(12-22)15-25-14-16-7-5-4-6-8-16/h4-8,11,13,17H,9-10,12,14-15H2,1-3H3/t17-/m0/s1. The fraction of sp³-hybridized carbons (Fsp3) is 0.500. The largest absolute Gasteiger partial charge is 0.376 e. The molecule has 1 aromatic heterocycles. The summed E-state index contributed by atoms with van der Waals surface area (Å²) >= 11 is 0. The Labute approximate surface area is 149 Å². The van der Waals surface area contributed by atoms with Gasteiger partial charge in [-0.3, -0.25) is 9.48 Å². The summed E-state index contributed by atoms with van der Waals surface area (Å²) in [6, 6.07) is 10.2. The summed E-state index contributed by atoms with van der Waals surface area (Å²) in [5.74, 6) is 0.478. The zero-order valence-electron chi connectivity index (χ0n) is 15.3. The van der Waals surface area contributed by atoms with Crippen molar-refractivity contribution >= 4 is 5.91 Å². The van der Waals surface area contributed by atoms with Crippen molar-refractivity contribution in [2.24, 2.45) is 5.92 Å². The Balaban J connectivity index is 1.49. The van der Waals surface area contributed by atoms with Gasteiger partial charge in [0.05, 0.1) is 30.5 Å². The van der Waals surface area contributed by atoms with Crippen LogP contribution in [0.25, 0.3) is 0 Å². The number of benzene rings is 1. The van der Waals surface area contributed by atoms with Gasteiger partial charge in [0.15, 0.2) is 0 Å². The van der Waals surface area contributed by atoms with E-state index in [9.17, 15) is 4.79 Å². The monoisotopic (exact) mass is 341 g/mol. The Morgan fingerprint density at radius 3 is 2.72 bits per heavy atom. The number of hydrogen-bond acceptors (Lipinski definition) is 3. The SMILES string of the molecule is CC(C)(C)n1cc(C(=O)N2CC[C@H](COCc3ccccc3)C2)cn1. The molecule has 1 amide bonds. The van der Waals surface area contributed by atoms with Gasteiger partial charge in [0.1, 0.15) is 0 Å². The first-order chi connectivity index (χ1) is 11.9. The zero-order valence-corrected chi connectivity index (χ0v) is 15.3. The lowest BCUT2D eigenvalue weighted by Crippen LogP contribution is -2.29. The zero-order chi connectivity index (χ0) is 17.9. The highest BCUT2D eigenvalue weighted by Gasteiger charge is 2.28. The van der Waals surface area contributed by atoms with Crippen LogP contribution in [0.2, 0.25) is 0 Å². The van der Waals surface area contributed by atoms with Gasteiger partial charge in [-0.25, -0.2) is 0 Å². The second-order valence-corrected chi connectivity index (χ2v) is 7.75. The molecular formula is C20H27N3O2. The van der Waals surface area contributed by atoms with Crippen molar-refractivity contribution in [3.63, 3.8) is 0 Å². The average molecular weight is 341 g/mol. The Kier molecular flexibility index (Phi) is 5.23. The van der Waals surface area contributed by atoms with Crippen LogP contribution in [0.5, 0.6) is 0 Å². The minimum absolute atomic E-state index is 0.0704. The van der Waals surface area contributed by atoms with Crippen LogP contribution in [0.4, 0.5) is 0 Å². The summed E-state index contributed by atoms with van der Waals surface area (Å²) in [7, 11) is 0. The molecule has 3 rings (SSSR count). The van der Waals surface area contributed by atoms with E-state index in [1.807, 2.05) is 34.0 Å². The number of hydrogen-bond donors (Lipinski definition) is 0. The number of aromatic nitrogens is 2. The molecule has 1 fully saturated rings. The number of ether oxygens (including phenoxy) is 1. The first-order valence-electron chi connectivity index (χ1n) is 8.89. The predicted octanol–water partition coefficient (Wildman–Crippen LogP) is 3.32. The van der Waals surface area contributed by atoms with E-state index in [1.54, 1.807) is 6.20 Å². The fourth-order valence-corrected chi connectivity index (χ4v) is 3.05. The van der Waals surface area contributed by atoms with E-state index < -0.39 is 0 Å². The molecule has 5 heteroatoms. The average Bonchev–Trinajstić information content (AvgIpc) is 3.24. The lowest BCUT2D eigenvalue weighted by molar-refractivity contribution is 0.0733. The minimum Gasteiger partial charge on any atom is -0.376 e. The second-order valence-electron chi connectivity index (χ2n) is 7.75. The number of nitrogens with zero attached hydrogens (tertiary/aromatic N) is 3. The molecule has 0 spiro atoms. The molecule has 134 valence electrons. The van der Waals surface area contributed by atoms with Crippen molar-refractivity contribution in [2.75, 3.05) is 19.7 Å². The van der Waals surface area contributed by atoms with Gasteiger partial charge in [-0.2, -0.15) is 5.10 Å². The molecule has 0 N–H and O–H groups in total. The molecule has 1 aromatic carbocycles. The van der Waals surface area contributed by atoms with E-state index in [4.69, 9.17) is 4.74 Å². The van der Waals surface area contributed by atoms with Crippen LogP contribution < -0.4 is 0 Å². The number of rotatable bonds is 5. The molecular weight excluding hydrogens is 314 g/mol. The van der Waals surface area contributed by atoms with Crippen LogP contribution in [0, 0.1) is 5.92 Å². The van der Waals surface area contributed by atoms with Crippen molar-refractivity contribution in [1.82, 2.24) is 14.7 Å². The normalized spacial score (nSPS) is 17.9. The van der Waals surface area contributed by atoms with E-state index in [2.05, 4.69) is 38.0 Å². The van der Waals surface area contributed by atoms with Crippen LogP contribution in [-0.4, -0.2) is 40.3 Å². The summed E-state index contributed by atoms with van der Waals surface area (Å²) in [5, 5.41) is 4.33. The Hall–Kier alpha value is -2.14. The van der Waals surface area contributed by atoms with Gasteiger partial charge in [-0.1, -0.05) is 30.3 Å². The van der Waals surface area contributed by atoms with Crippen molar-refractivity contribution in [3.8, 4) is 0 Å². The summed E-state index contributed by atoms with van der Waals surface area (Å²) in [5.41, 5.74) is 1.74. The van der Waals surface area contributed by atoms with Gasteiger partial charge >= 0.3 is 0 Å². The Bertz CT molecular complexity index is 703. The Morgan fingerprint density at radius 2 is 2.04 bits per heavy atom. The van der Waals surface area contributed by atoms with E-state index >= 15 is 0 Å². The van der Waals surface area contributed by atoms with Crippen molar-refractivity contribution < 1.29 is 9.53 Å². The first-order valence-corrected chi connectivity index (χ1v) is 8.89. The van der Waals surface area contributed by atoms with Gasteiger partial charge in [0.25, 0.3) is 5.91 Å². The third kappa shape index (κ3) is 4.48. The molecule has 1 atom stereocenters. The van der Waals surface area contributed by atoms with Crippen LogP contribution in [0.15, 0.2) is 42.7 Å². The third-order valence-corrected chi connectivity index (χ3v) is 4.56. The lowest BCUT2D eigenvalue weighted by atomic mass is 10.1. The highest BCUT2D eigenvalue weighted by atomic mass is 16.5. The van der Waals surface area contributed by atoms with Crippen molar-refractivity contribution in [3.05, 3.63) is 53.9 Å². The van der Waals surface area contributed by atoms with E-state index in [0.29, 0.717) is 24.7 Å². The van der Waals surface area contributed by atoms with Crippen LogP contribution >= 0.6 is 0 Å². The maximum Gasteiger partial charge on any atom is 0.257 e. The number of carbonyl (C=O) groups is 1. The smallest absolute Gasteiger partial charge is 0.257 e. The van der Waals surface area contributed by atoms with Crippen LogP contribution in [-0.2, 0) is 16.9 Å². The quantitative estimate of drug-likeness (QED) is 0.838. The van der Waals surface area contributed by atoms with Crippen LogP contribution in [0.1, 0.15) is 43.1 Å². The predicted molar refractivity (Wildman–Crippen MR) is 97.3 cm³/mol.